The molecule has 2 N–H and O–H groups in total. The lowest BCUT2D eigenvalue weighted by molar-refractivity contribution is 0.601. The number of sulfonamides is 1. The zero-order chi connectivity index (χ0) is 22.1. The first kappa shape index (κ1) is 22.6. The summed E-state index contributed by atoms with van der Waals surface area (Å²) in [7, 11) is -1.88. The van der Waals surface area contributed by atoms with Crippen molar-refractivity contribution in [1.29, 1.82) is 0 Å². The molecule has 0 aliphatic heterocycles. The highest BCUT2D eigenvalue weighted by Crippen LogP contribution is 2.27. The molecule has 0 saturated carbocycles. The summed E-state index contributed by atoms with van der Waals surface area (Å²) < 4.78 is 29.1. The minimum Gasteiger partial charge on any atom is -0.315 e. The minimum absolute atomic E-state index is 0. The van der Waals surface area contributed by atoms with E-state index in [4.69, 9.17) is 0 Å². The van der Waals surface area contributed by atoms with Crippen LogP contribution < -0.4 is 10.0 Å². The maximum atomic E-state index is 12.4. The number of benzene rings is 1. The van der Waals surface area contributed by atoms with E-state index in [2.05, 4.69) is 35.3 Å². The molecule has 1 aromatic carbocycles. The van der Waals surface area contributed by atoms with Crippen molar-refractivity contribution in [2.75, 3.05) is 10.0 Å². The number of anilines is 3. The Morgan fingerprint density at radius 3 is 2.48 bits per heavy atom. The molecule has 4 aromatic heterocycles. The molecule has 0 aliphatic rings. The number of rotatable bonds is 6. The summed E-state index contributed by atoms with van der Waals surface area (Å²) in [6, 6.07) is 13.6. The molecule has 13 heteroatoms. The molecule has 0 fully saturated rings. The van der Waals surface area contributed by atoms with Gasteiger partial charge < -0.3 is 5.32 Å². The summed E-state index contributed by atoms with van der Waals surface area (Å²) in [6.07, 6.45) is 5.46. The molecule has 0 saturated heterocycles. The van der Waals surface area contributed by atoms with Gasteiger partial charge >= 0.3 is 0 Å². The number of nitrogens with one attached hydrogen (secondary N) is 2. The Kier molecular flexibility index (Phi) is 6.22. The molecule has 0 aliphatic carbocycles. The molecule has 0 radical (unpaired) electrons. The second kappa shape index (κ2) is 9.10. The van der Waals surface area contributed by atoms with Gasteiger partial charge in [0.2, 0.25) is 10.3 Å². The van der Waals surface area contributed by atoms with Gasteiger partial charge in [0.1, 0.15) is 5.82 Å². The van der Waals surface area contributed by atoms with E-state index in [-0.39, 0.29) is 22.4 Å². The van der Waals surface area contributed by atoms with Crippen LogP contribution in [0.5, 0.6) is 0 Å². The van der Waals surface area contributed by atoms with Crippen LogP contribution in [0.15, 0.2) is 72.0 Å². The molecule has 0 unspecified atom stereocenters. The number of fused-ring (bicyclic) bond motifs is 1. The Morgan fingerprint density at radius 1 is 0.939 bits per heavy atom. The van der Waals surface area contributed by atoms with Gasteiger partial charge in [-0.3, -0.25) is 14.4 Å². The van der Waals surface area contributed by atoms with Crippen molar-refractivity contribution in [1.82, 2.24) is 29.9 Å². The quantitative estimate of drug-likeness (QED) is 0.360. The molecule has 0 bridgehead atoms. The Balaban J connectivity index is 0.00000259. The third-order valence-electron chi connectivity index (χ3n) is 4.51. The first-order chi connectivity index (χ1) is 15.5. The fourth-order valence-electron chi connectivity index (χ4n) is 3.00. The van der Waals surface area contributed by atoms with Crippen LogP contribution in [0.25, 0.3) is 22.2 Å². The molecule has 168 valence electrons. The van der Waals surface area contributed by atoms with Gasteiger partial charge in [0.15, 0.2) is 0 Å². The van der Waals surface area contributed by atoms with Gasteiger partial charge in [0.25, 0.3) is 10.0 Å². The standard InChI is InChI=1S/C20H16N8O2S2.ClH/c1-28-12-14(11-22-28)13-9-17-16(21-10-13)7-8-18(23-17)24-19-25-26-20(31-19)27-32(29,30)15-5-3-2-4-6-15;/h2-12H,1H3,(H,26,27)(H,23,24,25);1H. The molecule has 33 heavy (non-hydrogen) atoms. The largest absolute Gasteiger partial charge is 0.315 e. The van der Waals surface area contributed by atoms with Crippen LogP contribution in [0.3, 0.4) is 0 Å². The zero-order valence-corrected chi connectivity index (χ0v) is 19.5. The average molecular weight is 501 g/mol. The normalized spacial score (nSPS) is 11.2. The van der Waals surface area contributed by atoms with Gasteiger partial charge in [0, 0.05) is 30.6 Å². The second-order valence-electron chi connectivity index (χ2n) is 6.82. The lowest BCUT2D eigenvalue weighted by Crippen LogP contribution is -2.12. The van der Waals surface area contributed by atoms with E-state index in [1.165, 1.54) is 12.1 Å². The monoisotopic (exact) mass is 500 g/mol. The summed E-state index contributed by atoms with van der Waals surface area (Å²) in [6.45, 7) is 0. The predicted molar refractivity (Wildman–Crippen MR) is 129 cm³/mol. The number of aromatic nitrogens is 6. The average Bonchev–Trinajstić information content (AvgIpc) is 3.42. The van der Waals surface area contributed by atoms with Crippen LogP contribution >= 0.6 is 23.7 Å². The molecular formula is C20H17ClN8O2S2. The fraction of sp³-hybridized carbons (Fsp3) is 0.0500. The summed E-state index contributed by atoms with van der Waals surface area (Å²) in [5.74, 6) is 0.538. The van der Waals surface area contributed by atoms with Gasteiger partial charge in [0.05, 0.1) is 22.1 Å². The second-order valence-corrected chi connectivity index (χ2v) is 9.48. The van der Waals surface area contributed by atoms with E-state index in [1.54, 1.807) is 41.3 Å². The highest BCUT2D eigenvalue weighted by Gasteiger charge is 2.16. The van der Waals surface area contributed by atoms with Crippen LogP contribution in [-0.2, 0) is 17.1 Å². The van der Waals surface area contributed by atoms with Crippen molar-refractivity contribution in [3.63, 3.8) is 0 Å². The summed E-state index contributed by atoms with van der Waals surface area (Å²) >= 11 is 1.07. The van der Waals surface area contributed by atoms with E-state index in [9.17, 15) is 8.42 Å². The highest BCUT2D eigenvalue weighted by molar-refractivity contribution is 7.93. The summed E-state index contributed by atoms with van der Waals surface area (Å²) in [5, 5.41) is 15.7. The first-order valence-corrected chi connectivity index (χ1v) is 11.7. The number of pyridine rings is 2. The van der Waals surface area contributed by atoms with Crippen molar-refractivity contribution in [3.05, 3.63) is 67.1 Å². The van der Waals surface area contributed by atoms with Crippen LogP contribution in [0, 0.1) is 0 Å². The lowest BCUT2D eigenvalue weighted by atomic mass is 10.1. The lowest BCUT2D eigenvalue weighted by Gasteiger charge is -2.05. The molecule has 0 spiro atoms. The Bertz CT molecular complexity index is 1520. The van der Waals surface area contributed by atoms with Crippen molar-refractivity contribution < 1.29 is 8.42 Å². The van der Waals surface area contributed by atoms with E-state index < -0.39 is 10.0 Å². The van der Waals surface area contributed by atoms with Crippen molar-refractivity contribution in [3.8, 4) is 11.1 Å². The third-order valence-corrected chi connectivity index (χ3v) is 6.75. The summed E-state index contributed by atoms with van der Waals surface area (Å²) in [5.41, 5.74) is 3.30. The Morgan fingerprint density at radius 2 is 1.73 bits per heavy atom. The maximum Gasteiger partial charge on any atom is 0.263 e. The van der Waals surface area contributed by atoms with Gasteiger partial charge in [-0.1, -0.05) is 29.5 Å². The third kappa shape index (κ3) is 4.92. The Labute approximate surface area is 199 Å². The number of nitrogens with zero attached hydrogens (tertiary/aromatic N) is 6. The molecule has 5 aromatic rings. The zero-order valence-electron chi connectivity index (χ0n) is 17.1. The fourth-order valence-corrected chi connectivity index (χ4v) is 4.90. The van der Waals surface area contributed by atoms with E-state index in [0.717, 1.165) is 28.0 Å². The van der Waals surface area contributed by atoms with E-state index in [0.29, 0.717) is 16.5 Å². The molecule has 4 heterocycles. The minimum atomic E-state index is -3.73. The molecule has 5 rings (SSSR count). The number of aryl methyl sites for hydroxylation is 1. The predicted octanol–water partition coefficient (Wildman–Crippen LogP) is 3.85. The van der Waals surface area contributed by atoms with Crippen molar-refractivity contribution >= 4 is 60.9 Å². The smallest absolute Gasteiger partial charge is 0.263 e. The molecule has 10 nitrogen and oxygen atoms in total. The molecular weight excluding hydrogens is 484 g/mol. The number of halogens is 1. The van der Waals surface area contributed by atoms with Crippen LogP contribution in [-0.4, -0.2) is 38.4 Å². The van der Waals surface area contributed by atoms with E-state index >= 15 is 0 Å². The summed E-state index contributed by atoms with van der Waals surface area (Å²) in [4.78, 5) is 9.20. The first-order valence-electron chi connectivity index (χ1n) is 9.40. The van der Waals surface area contributed by atoms with Gasteiger partial charge in [-0.15, -0.1) is 22.6 Å². The Hall–Kier alpha value is -3.61. The van der Waals surface area contributed by atoms with E-state index in [1.807, 2.05) is 25.4 Å². The molecule has 0 atom stereocenters. The SMILES string of the molecule is Cl.Cn1cc(-c2cnc3ccc(Nc4nnc(NS(=O)(=O)c5ccccc5)s4)nc3c2)cn1. The van der Waals surface area contributed by atoms with Crippen LogP contribution in [0.2, 0.25) is 0 Å². The van der Waals surface area contributed by atoms with Gasteiger partial charge in [-0.05, 0) is 30.3 Å². The van der Waals surface area contributed by atoms with Gasteiger partial charge in [-0.2, -0.15) is 5.10 Å². The van der Waals surface area contributed by atoms with Crippen LogP contribution in [0.1, 0.15) is 0 Å². The van der Waals surface area contributed by atoms with Crippen molar-refractivity contribution in [2.24, 2.45) is 7.05 Å². The van der Waals surface area contributed by atoms with Gasteiger partial charge in [-0.25, -0.2) is 13.4 Å². The number of hydrogen-bond donors (Lipinski definition) is 2. The maximum absolute atomic E-state index is 12.4. The molecule has 0 amide bonds. The van der Waals surface area contributed by atoms with Crippen LogP contribution in [0.4, 0.5) is 16.1 Å². The number of hydrogen-bond acceptors (Lipinski definition) is 9. The van der Waals surface area contributed by atoms with Crippen molar-refractivity contribution in [2.45, 2.75) is 4.90 Å². The topological polar surface area (TPSA) is 128 Å². The highest BCUT2D eigenvalue weighted by atomic mass is 35.5.